The lowest BCUT2D eigenvalue weighted by atomic mass is 10.0. The van der Waals surface area contributed by atoms with Gasteiger partial charge in [0.2, 0.25) is 0 Å². The van der Waals surface area contributed by atoms with Crippen molar-refractivity contribution in [2.45, 2.75) is 11.8 Å². The highest BCUT2D eigenvalue weighted by Crippen LogP contribution is 2.54. The van der Waals surface area contributed by atoms with Crippen LogP contribution in [0.4, 0.5) is 0 Å². The number of rotatable bonds is 3. The van der Waals surface area contributed by atoms with Gasteiger partial charge < -0.3 is 4.74 Å². The molecule has 1 aromatic rings. The van der Waals surface area contributed by atoms with Crippen molar-refractivity contribution in [3.05, 3.63) is 29.8 Å². The lowest BCUT2D eigenvalue weighted by Crippen LogP contribution is -2.51. The molecule has 0 saturated carbocycles. The van der Waals surface area contributed by atoms with Gasteiger partial charge in [-0.25, -0.2) is 4.31 Å². The summed E-state index contributed by atoms with van der Waals surface area (Å²) in [4.78, 5) is 11.7. The maximum absolute atomic E-state index is 11.2. The van der Waals surface area contributed by atoms with Crippen LogP contribution in [0.5, 0.6) is 0 Å². The quantitative estimate of drug-likeness (QED) is 0.824. The number of hydrogen-bond donors (Lipinski definition) is 2. The summed E-state index contributed by atoms with van der Waals surface area (Å²) in [6.07, 6.45) is 0. The van der Waals surface area contributed by atoms with E-state index in [9.17, 15) is 13.9 Å². The highest BCUT2D eigenvalue weighted by molar-refractivity contribution is 8.22. The Hall–Kier alpha value is -1.08. The summed E-state index contributed by atoms with van der Waals surface area (Å²) >= 11 is 0. The van der Waals surface area contributed by atoms with Crippen LogP contribution in [0.2, 0.25) is 0 Å². The highest BCUT2D eigenvalue weighted by Gasteiger charge is 2.41. The number of methoxy groups -OCH3 is 1. The average Bonchev–Trinajstić information content (AvgIpc) is 2.27. The second-order valence-electron chi connectivity index (χ2n) is 4.40. The molecule has 0 unspecified atom stereocenters. The molecule has 0 radical (unpaired) electrons. The molecule has 5 nitrogen and oxygen atoms in total. The Balaban J connectivity index is 2.05. The number of nitrogens with zero attached hydrogens (tertiary/aromatic N) is 1. The van der Waals surface area contributed by atoms with Crippen LogP contribution in [-0.4, -0.2) is 39.6 Å². The summed E-state index contributed by atoms with van der Waals surface area (Å²) in [6.45, 7) is 2.58. The number of aryl methyl sites for hydroxylation is 1. The van der Waals surface area contributed by atoms with Crippen LogP contribution in [0, 0.1) is 12.8 Å². The van der Waals surface area contributed by atoms with Crippen molar-refractivity contribution in [1.29, 1.82) is 0 Å². The molecule has 1 aliphatic rings. The summed E-state index contributed by atoms with van der Waals surface area (Å²) in [5.74, 6) is -0.558. The number of benzene rings is 1. The van der Waals surface area contributed by atoms with E-state index in [0.29, 0.717) is 18.0 Å². The van der Waals surface area contributed by atoms with Crippen LogP contribution >= 0.6 is 10.8 Å². The van der Waals surface area contributed by atoms with E-state index in [2.05, 4.69) is 4.74 Å². The Bertz CT molecular complexity index is 440. The van der Waals surface area contributed by atoms with E-state index >= 15 is 0 Å². The van der Waals surface area contributed by atoms with Gasteiger partial charge in [0.25, 0.3) is 0 Å². The molecule has 0 aromatic heterocycles. The van der Waals surface area contributed by atoms with Crippen LogP contribution in [0.15, 0.2) is 29.2 Å². The summed E-state index contributed by atoms with van der Waals surface area (Å²) in [5.41, 5.74) is 1.06. The van der Waals surface area contributed by atoms with Crippen molar-refractivity contribution >= 4 is 16.7 Å². The summed E-state index contributed by atoms with van der Waals surface area (Å²) < 4.78 is 26.5. The first kappa shape index (κ1) is 13.4. The fourth-order valence-corrected chi connectivity index (χ4v) is 3.41. The Morgan fingerprint density at radius 1 is 1.33 bits per heavy atom. The van der Waals surface area contributed by atoms with Crippen LogP contribution < -0.4 is 0 Å². The van der Waals surface area contributed by atoms with Gasteiger partial charge in [0, 0.05) is 13.1 Å². The molecule has 18 heavy (non-hydrogen) atoms. The zero-order valence-corrected chi connectivity index (χ0v) is 11.2. The number of carbonyl (C=O) groups is 1. The minimum Gasteiger partial charge on any atom is -0.469 e. The molecule has 0 bridgehead atoms. The molecule has 1 aromatic carbocycles. The van der Waals surface area contributed by atoms with Gasteiger partial charge in [-0.2, -0.15) is 0 Å². The number of hydrogen-bond acceptors (Lipinski definition) is 5. The highest BCUT2D eigenvalue weighted by atomic mass is 32.3. The third kappa shape index (κ3) is 2.37. The third-order valence-corrected chi connectivity index (χ3v) is 5.00. The lowest BCUT2D eigenvalue weighted by Gasteiger charge is -2.50. The van der Waals surface area contributed by atoms with Crippen molar-refractivity contribution in [3.8, 4) is 0 Å². The normalized spacial score (nSPS) is 18.2. The van der Waals surface area contributed by atoms with Crippen molar-refractivity contribution in [2.75, 3.05) is 20.2 Å². The molecule has 100 valence electrons. The molecule has 1 fully saturated rings. The van der Waals surface area contributed by atoms with Gasteiger partial charge in [-0.1, -0.05) is 17.7 Å². The largest absolute Gasteiger partial charge is 0.469 e. The Kier molecular flexibility index (Phi) is 3.63. The first-order valence-electron chi connectivity index (χ1n) is 5.63. The molecule has 1 heterocycles. The fraction of sp³-hybridized carbons (Fsp3) is 0.417. The predicted octanol–water partition coefficient (Wildman–Crippen LogP) is 2.12. The van der Waals surface area contributed by atoms with Crippen LogP contribution in [0.1, 0.15) is 5.56 Å². The molecule has 0 spiro atoms. The van der Waals surface area contributed by atoms with E-state index in [0.717, 1.165) is 5.56 Å². The molecule has 2 rings (SSSR count). The monoisotopic (exact) mass is 271 g/mol. The number of carbonyl (C=O) groups excluding carboxylic acids is 1. The third-order valence-electron chi connectivity index (χ3n) is 3.08. The summed E-state index contributed by atoms with van der Waals surface area (Å²) in [5, 5.41) is 0. The van der Waals surface area contributed by atoms with Gasteiger partial charge in [0.1, 0.15) is 0 Å². The zero-order chi connectivity index (χ0) is 13.3. The van der Waals surface area contributed by atoms with Gasteiger partial charge >= 0.3 is 5.97 Å². The van der Waals surface area contributed by atoms with Crippen molar-refractivity contribution in [2.24, 2.45) is 5.92 Å². The number of esters is 1. The smallest absolute Gasteiger partial charge is 0.311 e. The molecule has 1 aliphatic heterocycles. The van der Waals surface area contributed by atoms with Gasteiger partial charge in [0.05, 0.1) is 17.9 Å². The Morgan fingerprint density at radius 2 is 1.89 bits per heavy atom. The molecular weight excluding hydrogens is 254 g/mol. The Morgan fingerprint density at radius 3 is 2.39 bits per heavy atom. The van der Waals surface area contributed by atoms with Gasteiger partial charge in [-0.3, -0.25) is 13.9 Å². The van der Waals surface area contributed by atoms with E-state index in [4.69, 9.17) is 0 Å². The second kappa shape index (κ2) is 4.89. The summed E-state index contributed by atoms with van der Waals surface area (Å²) in [7, 11) is -1.63. The number of ether oxygens (including phenoxy) is 1. The topological polar surface area (TPSA) is 70.0 Å². The first-order chi connectivity index (χ1) is 8.45. The van der Waals surface area contributed by atoms with Crippen molar-refractivity contribution < 1.29 is 18.6 Å². The zero-order valence-electron chi connectivity index (χ0n) is 10.4. The molecular formula is C12H17NO4S. The molecule has 1 saturated heterocycles. The SMILES string of the molecule is COC(=O)C1CN(S(O)(O)c2ccc(C)cc2)C1. The molecule has 0 atom stereocenters. The van der Waals surface area contributed by atoms with Crippen LogP contribution in [-0.2, 0) is 9.53 Å². The van der Waals surface area contributed by atoms with Crippen LogP contribution in [0.3, 0.4) is 0 Å². The van der Waals surface area contributed by atoms with Gasteiger partial charge in [-0.05, 0) is 19.1 Å². The molecule has 0 amide bonds. The van der Waals surface area contributed by atoms with E-state index in [1.54, 1.807) is 12.1 Å². The average molecular weight is 271 g/mol. The molecule has 6 heteroatoms. The van der Waals surface area contributed by atoms with Gasteiger partial charge in [-0.15, -0.1) is 10.8 Å². The van der Waals surface area contributed by atoms with Crippen molar-refractivity contribution in [1.82, 2.24) is 4.31 Å². The minimum absolute atomic E-state index is 0.258. The van der Waals surface area contributed by atoms with Gasteiger partial charge in [0.15, 0.2) is 0 Å². The molecule has 2 N–H and O–H groups in total. The second-order valence-corrected chi connectivity index (χ2v) is 6.42. The van der Waals surface area contributed by atoms with Crippen LogP contribution in [0.25, 0.3) is 0 Å². The summed E-state index contributed by atoms with van der Waals surface area (Å²) in [6, 6.07) is 7.08. The minimum atomic E-state index is -2.97. The maximum atomic E-state index is 11.2. The fourth-order valence-electron chi connectivity index (χ4n) is 1.83. The maximum Gasteiger partial charge on any atom is 0.311 e. The lowest BCUT2D eigenvalue weighted by molar-refractivity contribution is -0.149. The predicted molar refractivity (Wildman–Crippen MR) is 69.4 cm³/mol. The van der Waals surface area contributed by atoms with E-state index < -0.39 is 10.8 Å². The van der Waals surface area contributed by atoms with E-state index in [1.807, 2.05) is 19.1 Å². The standard InChI is InChI=1S/C12H17NO4S/c1-9-3-5-11(6-4-9)18(15,16)13-7-10(8-13)12(14)17-2/h3-6,10,15-16H,7-8H2,1-2H3. The Labute approximate surface area is 108 Å². The first-order valence-corrected chi connectivity index (χ1v) is 7.13. The van der Waals surface area contributed by atoms with E-state index in [-0.39, 0.29) is 11.9 Å². The van der Waals surface area contributed by atoms with Crippen molar-refractivity contribution in [3.63, 3.8) is 0 Å². The van der Waals surface area contributed by atoms with E-state index in [1.165, 1.54) is 11.4 Å². The molecule has 0 aliphatic carbocycles.